The molecule has 0 aliphatic rings. The maximum atomic E-state index is 11.9. The van der Waals surface area contributed by atoms with Gasteiger partial charge in [0.25, 0.3) is 0 Å². The Hall–Kier alpha value is 3.28. The molecule has 0 aromatic carbocycles. The summed E-state index contributed by atoms with van der Waals surface area (Å²) in [5.41, 5.74) is 0. The van der Waals surface area contributed by atoms with Crippen LogP contribution in [0.1, 0.15) is 6.92 Å². The van der Waals surface area contributed by atoms with Crippen molar-refractivity contribution < 1.29 is 14.1 Å². The van der Waals surface area contributed by atoms with Crippen LogP contribution in [0.25, 0.3) is 0 Å². The molecule has 1 atom stereocenters. The topological polar surface area (TPSA) is 54.4 Å². The molecule has 0 aromatic rings. The van der Waals surface area contributed by atoms with Crippen molar-refractivity contribution in [3.05, 3.63) is 0 Å². The standard InChI is InChI=1S/C16H32O3S11/c1-2-20-9-25-13-28-15-30(19)6-5-23-10-26-12-27-11-24-7-16(18)29-14-22-4-3-21-8-17/h17H,2-15H2,1H3. The summed E-state index contributed by atoms with van der Waals surface area (Å²) in [7, 11) is -0.691. The molecule has 0 bridgehead atoms. The summed E-state index contributed by atoms with van der Waals surface area (Å²) in [5.74, 6) is 5.62. The van der Waals surface area contributed by atoms with Crippen LogP contribution < -0.4 is 0 Å². The van der Waals surface area contributed by atoms with E-state index in [1.54, 1.807) is 35.3 Å². The number of hydrogen-bond donors (Lipinski definition) is 1. The normalized spacial score (nSPS) is 12.3. The Bertz CT molecular complexity index is 369. The molecular weight excluding hydrogens is 593 g/mol. The van der Waals surface area contributed by atoms with E-state index >= 15 is 0 Å². The maximum absolute atomic E-state index is 11.9. The Labute approximate surface area is 228 Å². The molecule has 0 spiro atoms. The molecule has 0 radical (unpaired) electrons. The Kier molecular flexibility index (Phi) is 31.6. The zero-order valence-electron chi connectivity index (χ0n) is 17.2. The van der Waals surface area contributed by atoms with Crippen LogP contribution >= 0.6 is 118 Å². The summed E-state index contributed by atoms with van der Waals surface area (Å²) in [6, 6.07) is 0. The number of thioether (sulfide) groups is 10. The molecule has 0 heterocycles. The molecule has 0 saturated heterocycles. The summed E-state index contributed by atoms with van der Waals surface area (Å²) in [6.45, 7) is 2.18. The van der Waals surface area contributed by atoms with Crippen LogP contribution in [0.2, 0.25) is 0 Å². The van der Waals surface area contributed by atoms with Crippen molar-refractivity contribution >= 4 is 134 Å². The zero-order chi connectivity index (χ0) is 22.1. The number of hydrogen-bond acceptors (Lipinski definition) is 13. The lowest BCUT2D eigenvalue weighted by Gasteiger charge is -2.04. The third-order valence-corrected chi connectivity index (χ3v) is 16.6. The molecule has 1 unspecified atom stereocenters. The highest BCUT2D eigenvalue weighted by molar-refractivity contribution is 8.28. The van der Waals surface area contributed by atoms with E-state index in [2.05, 4.69) is 6.92 Å². The van der Waals surface area contributed by atoms with Gasteiger partial charge >= 0.3 is 0 Å². The second kappa shape index (κ2) is 28.5. The van der Waals surface area contributed by atoms with Gasteiger partial charge in [-0.15, -0.1) is 82.3 Å². The molecule has 0 rings (SSSR count). The van der Waals surface area contributed by atoms with Crippen LogP contribution in [0.15, 0.2) is 0 Å². The Balaban J connectivity index is 3.23. The first-order chi connectivity index (χ1) is 14.7. The first-order valence-electron chi connectivity index (χ1n) is 9.01. The lowest BCUT2D eigenvalue weighted by molar-refractivity contribution is -0.108. The molecule has 0 aliphatic heterocycles. The van der Waals surface area contributed by atoms with E-state index in [4.69, 9.17) is 5.11 Å². The molecule has 180 valence electrons. The van der Waals surface area contributed by atoms with Gasteiger partial charge in [-0.2, -0.15) is 23.5 Å². The van der Waals surface area contributed by atoms with E-state index in [1.165, 1.54) is 29.3 Å². The highest BCUT2D eigenvalue weighted by Crippen LogP contribution is 2.23. The minimum atomic E-state index is -0.691. The van der Waals surface area contributed by atoms with Gasteiger partial charge in [0.15, 0.2) is 5.12 Å². The Morgan fingerprint density at radius 3 is 2.07 bits per heavy atom. The second-order valence-electron chi connectivity index (χ2n) is 5.00. The molecule has 14 heteroatoms. The predicted molar refractivity (Wildman–Crippen MR) is 165 cm³/mol. The number of aliphatic hydroxyl groups excluding tert-OH is 1. The molecule has 0 amide bonds. The van der Waals surface area contributed by atoms with Crippen LogP contribution in [0.3, 0.4) is 0 Å². The minimum absolute atomic E-state index is 0.177. The summed E-state index contributed by atoms with van der Waals surface area (Å²) in [4.78, 5) is 11.8. The monoisotopic (exact) mass is 624 g/mol. The van der Waals surface area contributed by atoms with Crippen molar-refractivity contribution in [2.75, 3.05) is 76.1 Å². The summed E-state index contributed by atoms with van der Waals surface area (Å²) >= 11 is 17.7. The minimum Gasteiger partial charge on any atom is -0.386 e. The highest BCUT2D eigenvalue weighted by Gasteiger charge is 2.04. The van der Waals surface area contributed by atoms with Crippen molar-refractivity contribution in [2.24, 2.45) is 0 Å². The van der Waals surface area contributed by atoms with E-state index in [0.717, 1.165) is 58.6 Å². The predicted octanol–water partition coefficient (Wildman–Crippen LogP) is 6.27. The van der Waals surface area contributed by atoms with E-state index in [9.17, 15) is 9.00 Å². The van der Waals surface area contributed by atoms with E-state index in [0.29, 0.717) is 5.75 Å². The van der Waals surface area contributed by atoms with Crippen molar-refractivity contribution in [2.45, 2.75) is 6.92 Å². The fourth-order valence-corrected chi connectivity index (χ4v) is 14.3. The zero-order valence-corrected chi connectivity index (χ0v) is 26.1. The van der Waals surface area contributed by atoms with Gasteiger partial charge < -0.3 is 5.11 Å². The molecule has 0 aromatic heterocycles. The van der Waals surface area contributed by atoms with Gasteiger partial charge in [-0.25, -0.2) is 0 Å². The molecule has 0 aliphatic carbocycles. The van der Waals surface area contributed by atoms with Crippen LogP contribution in [0.5, 0.6) is 0 Å². The number of carbonyl (C=O) groups excluding carboxylic acids is 1. The lowest BCUT2D eigenvalue weighted by Crippen LogP contribution is -2.02. The molecule has 0 fully saturated rings. The summed E-state index contributed by atoms with van der Waals surface area (Å²) < 4.78 is 11.9. The number of aliphatic hydroxyl groups is 1. The first-order valence-corrected chi connectivity index (χ1v) is 21.9. The third kappa shape index (κ3) is 27.5. The lowest BCUT2D eigenvalue weighted by atomic mass is 10.9. The van der Waals surface area contributed by atoms with Gasteiger partial charge in [0.2, 0.25) is 0 Å². The van der Waals surface area contributed by atoms with Crippen molar-refractivity contribution in [1.29, 1.82) is 0 Å². The maximum Gasteiger partial charge on any atom is 0.199 e. The second-order valence-corrected chi connectivity index (χ2v) is 19.7. The average molecular weight is 625 g/mol. The Morgan fingerprint density at radius 1 is 0.733 bits per heavy atom. The Morgan fingerprint density at radius 2 is 1.33 bits per heavy atom. The highest BCUT2D eigenvalue weighted by atomic mass is 32.3. The molecule has 30 heavy (non-hydrogen) atoms. The van der Waals surface area contributed by atoms with Crippen LogP contribution in [0, 0.1) is 0 Å². The average Bonchev–Trinajstić information content (AvgIpc) is 2.74. The van der Waals surface area contributed by atoms with Gasteiger partial charge in [-0.1, -0.05) is 18.7 Å². The van der Waals surface area contributed by atoms with Gasteiger partial charge in [0.1, 0.15) is 0 Å². The van der Waals surface area contributed by atoms with Crippen molar-refractivity contribution in [1.82, 2.24) is 0 Å². The number of rotatable bonds is 24. The smallest absolute Gasteiger partial charge is 0.199 e. The molecule has 1 N–H and O–H groups in total. The fourth-order valence-electron chi connectivity index (χ4n) is 1.39. The van der Waals surface area contributed by atoms with Crippen molar-refractivity contribution in [3.8, 4) is 0 Å². The molecule has 0 saturated carbocycles. The fraction of sp³-hybridized carbons (Fsp3) is 0.938. The molecule has 3 nitrogen and oxygen atoms in total. The van der Waals surface area contributed by atoms with Crippen LogP contribution in [0.4, 0.5) is 0 Å². The van der Waals surface area contributed by atoms with Crippen LogP contribution in [-0.2, 0) is 15.6 Å². The van der Waals surface area contributed by atoms with E-state index < -0.39 is 10.8 Å². The van der Waals surface area contributed by atoms with Gasteiger partial charge in [-0.3, -0.25) is 9.00 Å². The van der Waals surface area contributed by atoms with Gasteiger partial charge in [-0.05, 0) is 5.75 Å². The van der Waals surface area contributed by atoms with Crippen LogP contribution in [-0.4, -0.2) is 90.5 Å². The first kappa shape index (κ1) is 33.3. The van der Waals surface area contributed by atoms with Gasteiger partial charge in [0, 0.05) is 64.3 Å². The summed E-state index contributed by atoms with van der Waals surface area (Å²) in [5, 5.41) is 15.7. The molecular formula is C16H32O3S11. The largest absolute Gasteiger partial charge is 0.386 e. The van der Waals surface area contributed by atoms with Gasteiger partial charge in [0.05, 0.1) is 16.8 Å². The number of carbonyl (C=O) groups is 1. The SMILES string of the molecule is CCSCSCSCS(=O)CCSCSCSCSCC(=O)SCSCCSCO. The van der Waals surface area contributed by atoms with Crippen molar-refractivity contribution in [3.63, 3.8) is 0 Å². The quantitative estimate of drug-likeness (QED) is 0.0971. The summed E-state index contributed by atoms with van der Waals surface area (Å²) in [6.07, 6.45) is 0. The third-order valence-electron chi connectivity index (χ3n) is 2.69. The van der Waals surface area contributed by atoms with E-state index in [-0.39, 0.29) is 11.1 Å². The van der Waals surface area contributed by atoms with E-state index in [1.807, 2.05) is 58.8 Å².